The molecule has 8 heteroatoms. The number of hydrogen-bond donors (Lipinski definition) is 1. The maximum absolute atomic E-state index is 12.6. The molecule has 1 amide bonds. The molecule has 3 atom stereocenters. The van der Waals surface area contributed by atoms with Crippen molar-refractivity contribution in [1.29, 1.82) is 5.26 Å². The first-order valence-electron chi connectivity index (χ1n) is 10.5. The molecule has 2 fully saturated rings. The van der Waals surface area contributed by atoms with E-state index in [9.17, 15) is 14.9 Å². The number of aromatic nitrogens is 2. The second kappa shape index (κ2) is 7.73. The van der Waals surface area contributed by atoms with Gasteiger partial charge in [-0.1, -0.05) is 0 Å². The summed E-state index contributed by atoms with van der Waals surface area (Å²) in [5.74, 6) is 0.0874. The smallest absolute Gasteiger partial charge is 0.252 e. The average Bonchev–Trinajstić information content (AvgIpc) is 3.55. The Morgan fingerprint density at radius 2 is 2.00 bits per heavy atom. The minimum Gasteiger partial charge on any atom is -0.364 e. The number of fused-ring (bicyclic) bond motifs is 1. The second-order valence-electron chi connectivity index (χ2n) is 8.61. The molecule has 1 N–H and O–H groups in total. The van der Waals surface area contributed by atoms with E-state index in [4.69, 9.17) is 0 Å². The Balaban J connectivity index is 1.65. The first kappa shape index (κ1) is 20.4. The zero-order valence-electron chi connectivity index (χ0n) is 17.9. The van der Waals surface area contributed by atoms with E-state index in [0.29, 0.717) is 35.9 Å². The molecule has 0 bridgehead atoms. The zero-order chi connectivity index (χ0) is 21.6. The van der Waals surface area contributed by atoms with E-state index in [1.807, 2.05) is 6.92 Å². The van der Waals surface area contributed by atoms with Gasteiger partial charge in [0.2, 0.25) is 5.91 Å². The maximum atomic E-state index is 12.6. The highest BCUT2D eigenvalue weighted by Gasteiger charge is 2.36. The summed E-state index contributed by atoms with van der Waals surface area (Å²) in [5, 5.41) is 12.4. The van der Waals surface area contributed by atoms with Gasteiger partial charge in [-0.05, 0) is 45.7 Å². The molecular formula is C22H28N6O2. The molecular weight excluding hydrogens is 380 g/mol. The highest BCUT2D eigenvalue weighted by molar-refractivity contribution is 5.89. The third-order valence-corrected chi connectivity index (χ3v) is 6.33. The van der Waals surface area contributed by atoms with Crippen LogP contribution >= 0.6 is 0 Å². The van der Waals surface area contributed by atoms with Gasteiger partial charge in [0.15, 0.2) is 0 Å². The summed E-state index contributed by atoms with van der Waals surface area (Å²) in [4.78, 5) is 34.1. The Labute approximate surface area is 176 Å². The van der Waals surface area contributed by atoms with Crippen molar-refractivity contribution in [1.82, 2.24) is 19.8 Å². The number of hydrogen-bond acceptors (Lipinski definition) is 6. The quantitative estimate of drug-likeness (QED) is 0.821. The lowest BCUT2D eigenvalue weighted by atomic mass is 10.0. The maximum Gasteiger partial charge on any atom is 0.252 e. The van der Waals surface area contributed by atoms with Crippen LogP contribution in [0, 0.1) is 11.3 Å². The van der Waals surface area contributed by atoms with Crippen LogP contribution in [0.15, 0.2) is 23.0 Å². The van der Waals surface area contributed by atoms with Gasteiger partial charge in [-0.15, -0.1) is 0 Å². The van der Waals surface area contributed by atoms with Crippen LogP contribution in [-0.2, 0) is 11.8 Å². The number of piperazine rings is 1. The van der Waals surface area contributed by atoms with E-state index in [0.717, 1.165) is 18.5 Å². The van der Waals surface area contributed by atoms with Crippen LogP contribution in [0.2, 0.25) is 0 Å². The van der Waals surface area contributed by atoms with Crippen LogP contribution in [0.3, 0.4) is 0 Å². The summed E-state index contributed by atoms with van der Waals surface area (Å²) >= 11 is 0. The molecule has 158 valence electrons. The van der Waals surface area contributed by atoms with E-state index in [-0.39, 0.29) is 29.6 Å². The van der Waals surface area contributed by atoms with Crippen LogP contribution in [0.1, 0.15) is 39.3 Å². The minimum atomic E-state index is -0.200. The number of aryl methyl sites for hydroxylation is 1. The first-order chi connectivity index (χ1) is 14.3. The Hall–Kier alpha value is -2.92. The van der Waals surface area contributed by atoms with Gasteiger partial charge in [0.25, 0.3) is 5.56 Å². The Morgan fingerprint density at radius 3 is 2.67 bits per heavy atom. The molecule has 1 saturated carbocycles. The molecule has 3 heterocycles. The Bertz CT molecular complexity index is 1080. The van der Waals surface area contributed by atoms with Crippen molar-refractivity contribution in [3.63, 3.8) is 0 Å². The largest absolute Gasteiger partial charge is 0.364 e. The fourth-order valence-electron chi connectivity index (χ4n) is 4.32. The fourth-order valence-corrected chi connectivity index (χ4v) is 4.32. The van der Waals surface area contributed by atoms with Crippen LogP contribution < -0.4 is 15.8 Å². The van der Waals surface area contributed by atoms with E-state index >= 15 is 0 Å². The highest BCUT2D eigenvalue weighted by Crippen LogP contribution is 2.29. The van der Waals surface area contributed by atoms with Gasteiger partial charge in [0, 0.05) is 44.3 Å². The molecule has 0 aromatic carbocycles. The molecule has 1 aliphatic heterocycles. The standard InChI is InChI=1S/C22H28N6O2/c1-13-12-28(14(2)11-27(13)15(3)22(30)25-16-5-6-16)19-9-20(29)26(4)18-8-7-17(10-23)24-21(18)19/h7-9,13-16H,5-6,11-12H2,1-4H3,(H,25,30)/t13-,14+,15?/m1/s1. The van der Waals surface area contributed by atoms with Crippen molar-refractivity contribution < 1.29 is 4.79 Å². The van der Waals surface area contributed by atoms with Crippen molar-refractivity contribution in [2.45, 2.75) is 57.8 Å². The summed E-state index contributed by atoms with van der Waals surface area (Å²) in [7, 11) is 1.71. The van der Waals surface area contributed by atoms with Gasteiger partial charge in [-0.25, -0.2) is 4.98 Å². The lowest BCUT2D eigenvalue weighted by Gasteiger charge is -2.47. The number of nitriles is 1. The third kappa shape index (κ3) is 3.65. The van der Waals surface area contributed by atoms with Crippen LogP contribution in [0.25, 0.3) is 11.0 Å². The monoisotopic (exact) mass is 408 g/mol. The van der Waals surface area contributed by atoms with Crippen LogP contribution in [-0.4, -0.2) is 57.6 Å². The minimum absolute atomic E-state index is 0.0835. The lowest BCUT2D eigenvalue weighted by molar-refractivity contribution is -0.127. The molecule has 1 unspecified atom stereocenters. The van der Waals surface area contributed by atoms with Crippen LogP contribution in [0.5, 0.6) is 0 Å². The van der Waals surface area contributed by atoms with Crippen molar-refractivity contribution in [2.75, 3.05) is 18.0 Å². The van der Waals surface area contributed by atoms with Crippen molar-refractivity contribution >= 4 is 22.6 Å². The van der Waals surface area contributed by atoms with Gasteiger partial charge in [-0.3, -0.25) is 14.5 Å². The number of nitrogens with zero attached hydrogens (tertiary/aromatic N) is 5. The highest BCUT2D eigenvalue weighted by atomic mass is 16.2. The summed E-state index contributed by atoms with van der Waals surface area (Å²) in [6.07, 6.45) is 2.15. The predicted octanol–water partition coefficient (Wildman–Crippen LogP) is 1.37. The SMILES string of the molecule is CC(C(=O)NC1CC1)N1C[C@H](C)N(c2cc(=O)n(C)c3ccc(C#N)nc23)C[C@H]1C. The van der Waals surface area contributed by atoms with E-state index in [1.54, 1.807) is 29.8 Å². The van der Waals surface area contributed by atoms with Gasteiger partial charge in [-0.2, -0.15) is 5.26 Å². The summed E-state index contributed by atoms with van der Waals surface area (Å²) in [6, 6.07) is 7.47. The van der Waals surface area contributed by atoms with Gasteiger partial charge in [0.1, 0.15) is 17.3 Å². The molecule has 2 aliphatic rings. The molecule has 2 aromatic rings. The van der Waals surface area contributed by atoms with E-state index < -0.39 is 0 Å². The Kier molecular flexibility index (Phi) is 5.24. The molecule has 8 nitrogen and oxygen atoms in total. The molecule has 0 radical (unpaired) electrons. The number of anilines is 1. The normalized spacial score (nSPS) is 23.2. The lowest BCUT2D eigenvalue weighted by Crippen LogP contribution is -2.61. The van der Waals surface area contributed by atoms with Gasteiger partial charge >= 0.3 is 0 Å². The number of nitrogens with one attached hydrogen (secondary N) is 1. The molecule has 2 aromatic heterocycles. The number of amides is 1. The number of carbonyl (C=O) groups is 1. The summed E-state index contributed by atoms with van der Waals surface area (Å²) < 4.78 is 1.56. The number of carbonyl (C=O) groups excluding carboxylic acids is 1. The number of rotatable bonds is 4. The average molecular weight is 409 g/mol. The fraction of sp³-hybridized carbons (Fsp3) is 0.545. The summed E-state index contributed by atoms with van der Waals surface area (Å²) in [5.41, 5.74) is 2.33. The molecule has 4 rings (SSSR count). The van der Waals surface area contributed by atoms with Crippen molar-refractivity contribution in [3.8, 4) is 6.07 Å². The second-order valence-corrected chi connectivity index (χ2v) is 8.61. The van der Waals surface area contributed by atoms with Gasteiger partial charge < -0.3 is 14.8 Å². The summed E-state index contributed by atoms with van der Waals surface area (Å²) in [6.45, 7) is 7.54. The molecule has 0 spiro atoms. The predicted molar refractivity (Wildman–Crippen MR) is 115 cm³/mol. The van der Waals surface area contributed by atoms with Crippen LogP contribution in [0.4, 0.5) is 5.69 Å². The van der Waals surface area contributed by atoms with E-state index in [1.165, 1.54) is 0 Å². The third-order valence-electron chi connectivity index (χ3n) is 6.33. The van der Waals surface area contributed by atoms with Gasteiger partial charge in [0.05, 0.1) is 17.2 Å². The van der Waals surface area contributed by atoms with Crippen molar-refractivity contribution in [2.24, 2.45) is 7.05 Å². The molecule has 30 heavy (non-hydrogen) atoms. The van der Waals surface area contributed by atoms with E-state index in [2.05, 4.69) is 40.0 Å². The zero-order valence-corrected chi connectivity index (χ0v) is 17.9. The Morgan fingerprint density at radius 1 is 1.27 bits per heavy atom. The number of pyridine rings is 2. The van der Waals surface area contributed by atoms with Crippen molar-refractivity contribution in [3.05, 3.63) is 34.2 Å². The molecule has 1 aliphatic carbocycles. The topological polar surface area (TPSA) is 94.3 Å². The molecule has 1 saturated heterocycles. The first-order valence-corrected chi connectivity index (χ1v) is 10.5.